The Labute approximate surface area is 355 Å². The van der Waals surface area contributed by atoms with E-state index in [-0.39, 0.29) is 53.6 Å². The number of carbonyl (C=O) groups is 4. The Morgan fingerprint density at radius 2 is 1.58 bits per heavy atom. The third-order valence-electron chi connectivity index (χ3n) is 11.1. The quantitative estimate of drug-likeness (QED) is 0.0653. The standard InChI is InChI=1S/C41H49N15O6/c1-5-55-30(14-22(3)50-55)38(59)48-41-47-29-16-25(36(44)58)19-45-37(29)54(41)12-8-7-11-53-33-28(46-40(53)49-39(60)34-32(42)23(4)51-56(34)6-2)15-24(35(43)57)17-31(33)61-13-9-10-52-20-27-18-26(52)21-62-27/h7-8,14-17,19,26-27H,5-6,9-13,18,20-21,42H2,1-4H3,(H2,43,57)(H2,44,58)(H,46,49,60)(H,47,48,59)/b8-7+/t26-,27-/m1/s1. The molecule has 2 aliphatic rings. The first-order valence-corrected chi connectivity index (χ1v) is 20.5. The van der Waals surface area contributed by atoms with Gasteiger partial charge in [0.2, 0.25) is 23.7 Å². The number of imidazole rings is 2. The van der Waals surface area contributed by atoms with Gasteiger partial charge in [0.25, 0.3) is 11.8 Å². The zero-order chi connectivity index (χ0) is 43.8. The largest absolute Gasteiger partial charge is 0.491 e. The van der Waals surface area contributed by atoms with Crippen molar-refractivity contribution in [2.45, 2.75) is 78.9 Å². The van der Waals surface area contributed by atoms with Crippen molar-refractivity contribution >= 4 is 63.4 Å². The molecule has 0 aliphatic carbocycles. The first-order valence-electron chi connectivity index (χ1n) is 20.5. The predicted molar refractivity (Wildman–Crippen MR) is 229 cm³/mol. The number of morpholine rings is 1. The minimum atomic E-state index is -0.672. The van der Waals surface area contributed by atoms with Crippen molar-refractivity contribution < 1.29 is 28.7 Å². The maximum absolute atomic E-state index is 13.9. The van der Waals surface area contributed by atoms with E-state index in [0.717, 1.165) is 32.5 Å². The van der Waals surface area contributed by atoms with Gasteiger partial charge in [-0.25, -0.2) is 15.0 Å². The van der Waals surface area contributed by atoms with Crippen molar-refractivity contribution in [3.63, 3.8) is 0 Å². The van der Waals surface area contributed by atoms with Crippen LogP contribution in [0.4, 0.5) is 17.6 Å². The number of rotatable bonds is 17. The number of carbonyl (C=O) groups excluding carboxylic acids is 4. The summed E-state index contributed by atoms with van der Waals surface area (Å²) < 4.78 is 18.7. The van der Waals surface area contributed by atoms with E-state index in [1.165, 1.54) is 16.9 Å². The normalized spacial score (nSPS) is 16.3. The van der Waals surface area contributed by atoms with Gasteiger partial charge in [0.1, 0.15) is 28.2 Å². The topological polar surface area (TPSA) is 276 Å². The van der Waals surface area contributed by atoms with Gasteiger partial charge in [0, 0.05) is 57.1 Å². The number of fused-ring (bicyclic) bond motifs is 4. The number of amides is 4. The van der Waals surface area contributed by atoms with Crippen molar-refractivity contribution in [3.8, 4) is 5.75 Å². The fourth-order valence-electron chi connectivity index (χ4n) is 8.09. The van der Waals surface area contributed by atoms with Crippen molar-refractivity contribution in [1.82, 2.24) is 48.5 Å². The number of anilines is 3. The summed E-state index contributed by atoms with van der Waals surface area (Å²) in [6, 6.07) is 6.75. The SMILES string of the molecule is CCn1nc(C)cc1C(=O)Nc1nc2cc(C(N)=O)cnc2n1C/C=C/Cn1c(NC(=O)c2c(N)c(C)nn2CC)nc2cc(C(N)=O)cc(OCCCN3C[C@H]4C[C@@H]3CO4)c21. The van der Waals surface area contributed by atoms with Crippen LogP contribution in [0, 0.1) is 13.8 Å². The molecule has 8 N–H and O–H groups in total. The van der Waals surface area contributed by atoms with Crippen LogP contribution in [0.5, 0.6) is 5.75 Å². The van der Waals surface area contributed by atoms with Gasteiger partial charge in [-0.2, -0.15) is 10.2 Å². The number of hydrogen-bond donors (Lipinski definition) is 5. The summed E-state index contributed by atoms with van der Waals surface area (Å²) in [6.45, 7) is 11.3. The molecule has 7 heterocycles. The molecular formula is C41H49N15O6. The van der Waals surface area contributed by atoms with Gasteiger partial charge in [0.15, 0.2) is 5.65 Å². The lowest BCUT2D eigenvalue weighted by atomic mass is 10.1. The maximum atomic E-state index is 13.9. The fraction of sp³-hybridized carbons (Fsp3) is 0.390. The van der Waals surface area contributed by atoms with Gasteiger partial charge in [-0.05, 0) is 64.8 Å². The zero-order valence-electron chi connectivity index (χ0n) is 34.9. The highest BCUT2D eigenvalue weighted by Gasteiger charge is 2.38. The molecule has 0 spiro atoms. The molecule has 0 unspecified atom stereocenters. The number of ether oxygens (including phenoxy) is 2. The molecule has 0 radical (unpaired) electrons. The molecule has 4 amide bonds. The highest BCUT2D eigenvalue weighted by molar-refractivity contribution is 6.07. The number of pyridine rings is 1. The van der Waals surface area contributed by atoms with Crippen LogP contribution in [-0.2, 0) is 30.9 Å². The molecule has 8 rings (SSSR count). The second-order valence-corrected chi connectivity index (χ2v) is 15.3. The molecule has 324 valence electrons. The second-order valence-electron chi connectivity index (χ2n) is 15.3. The average Bonchev–Trinajstić information content (AvgIpc) is 4.11. The summed E-state index contributed by atoms with van der Waals surface area (Å²) >= 11 is 0. The van der Waals surface area contributed by atoms with E-state index >= 15 is 0 Å². The second kappa shape index (κ2) is 17.1. The van der Waals surface area contributed by atoms with E-state index in [9.17, 15) is 19.2 Å². The van der Waals surface area contributed by atoms with Gasteiger partial charge < -0.3 is 31.2 Å². The summed E-state index contributed by atoms with van der Waals surface area (Å²) in [5, 5.41) is 14.6. The minimum Gasteiger partial charge on any atom is -0.491 e. The number of nitrogens with two attached hydrogens (primary N) is 3. The minimum absolute atomic E-state index is 0.152. The Morgan fingerprint density at radius 1 is 0.887 bits per heavy atom. The third-order valence-corrected chi connectivity index (χ3v) is 11.1. The van der Waals surface area contributed by atoms with E-state index in [1.54, 1.807) is 45.9 Å². The Balaban J connectivity index is 1.12. The number of primary amides is 2. The monoisotopic (exact) mass is 847 g/mol. The maximum Gasteiger partial charge on any atom is 0.278 e. The van der Waals surface area contributed by atoms with Crippen molar-refractivity contribution in [1.29, 1.82) is 0 Å². The summed E-state index contributed by atoms with van der Waals surface area (Å²) in [7, 11) is 0. The number of likely N-dealkylation sites (tertiary alicyclic amines) is 1. The number of allylic oxidation sites excluding steroid dienone is 2. The molecular weight excluding hydrogens is 799 g/mol. The van der Waals surface area contributed by atoms with E-state index in [2.05, 4.69) is 35.7 Å². The third kappa shape index (κ3) is 8.06. The van der Waals surface area contributed by atoms with Crippen LogP contribution in [0.25, 0.3) is 22.2 Å². The molecule has 2 bridgehead atoms. The molecule has 21 nitrogen and oxygen atoms in total. The lowest BCUT2D eigenvalue weighted by molar-refractivity contribution is 0.0289. The molecule has 5 aromatic heterocycles. The Hall–Kier alpha value is -7.13. The molecule has 6 aromatic rings. The fourth-order valence-corrected chi connectivity index (χ4v) is 8.09. The molecule has 1 aromatic carbocycles. The van der Waals surface area contributed by atoms with Gasteiger partial charge in [-0.3, -0.25) is 48.6 Å². The predicted octanol–water partition coefficient (Wildman–Crippen LogP) is 2.61. The molecule has 0 saturated carbocycles. The molecule has 2 fully saturated rings. The molecule has 62 heavy (non-hydrogen) atoms. The number of benzene rings is 1. The molecule has 2 atom stereocenters. The number of nitrogens with one attached hydrogen (secondary N) is 2. The molecule has 21 heteroatoms. The van der Waals surface area contributed by atoms with Crippen LogP contribution in [0.1, 0.15) is 79.8 Å². The van der Waals surface area contributed by atoms with Crippen LogP contribution in [-0.4, -0.2) is 111 Å². The van der Waals surface area contributed by atoms with Gasteiger partial charge in [-0.15, -0.1) is 0 Å². The van der Waals surface area contributed by atoms with Crippen molar-refractivity contribution in [3.05, 3.63) is 76.5 Å². The lowest BCUT2D eigenvalue weighted by Crippen LogP contribution is -2.37. The van der Waals surface area contributed by atoms with E-state index in [4.69, 9.17) is 31.7 Å². The van der Waals surface area contributed by atoms with E-state index < -0.39 is 23.6 Å². The number of nitrogens with zero attached hydrogens (tertiary/aromatic N) is 10. The Morgan fingerprint density at radius 3 is 2.27 bits per heavy atom. The average molecular weight is 848 g/mol. The highest BCUT2D eigenvalue weighted by atomic mass is 16.5. The van der Waals surface area contributed by atoms with Crippen LogP contribution >= 0.6 is 0 Å². The molecule has 2 saturated heterocycles. The van der Waals surface area contributed by atoms with Gasteiger partial charge in [0.05, 0.1) is 47.5 Å². The summed E-state index contributed by atoms with van der Waals surface area (Å²) in [6.07, 6.45) is 7.06. The van der Waals surface area contributed by atoms with Gasteiger partial charge in [-0.1, -0.05) is 12.2 Å². The van der Waals surface area contributed by atoms with E-state index in [1.807, 2.05) is 26.0 Å². The van der Waals surface area contributed by atoms with Crippen LogP contribution in [0.3, 0.4) is 0 Å². The lowest BCUT2D eigenvalue weighted by Gasteiger charge is -2.26. The summed E-state index contributed by atoms with van der Waals surface area (Å²) in [5.41, 5.74) is 21.6. The number of hydrogen-bond acceptors (Lipinski definition) is 13. The summed E-state index contributed by atoms with van der Waals surface area (Å²) in [4.78, 5) is 68.3. The molecule has 2 aliphatic heterocycles. The number of nitrogen functional groups attached to an aromatic ring is 1. The Kier molecular flexibility index (Phi) is 11.5. The zero-order valence-corrected chi connectivity index (χ0v) is 34.9. The van der Waals surface area contributed by atoms with Gasteiger partial charge >= 0.3 is 0 Å². The van der Waals surface area contributed by atoms with Crippen LogP contribution in [0.2, 0.25) is 0 Å². The van der Waals surface area contributed by atoms with Crippen LogP contribution < -0.4 is 32.6 Å². The van der Waals surface area contributed by atoms with Crippen molar-refractivity contribution in [2.75, 3.05) is 42.7 Å². The highest BCUT2D eigenvalue weighted by Crippen LogP contribution is 2.33. The van der Waals surface area contributed by atoms with Crippen molar-refractivity contribution in [2.24, 2.45) is 11.5 Å². The summed E-state index contributed by atoms with van der Waals surface area (Å²) in [5.74, 6) is -1.61. The smallest absolute Gasteiger partial charge is 0.278 e. The Bertz CT molecular complexity index is 2760. The van der Waals surface area contributed by atoms with E-state index in [0.29, 0.717) is 70.8 Å². The number of aryl methyl sites for hydroxylation is 4. The van der Waals surface area contributed by atoms with Crippen LogP contribution in [0.15, 0.2) is 42.6 Å². The number of aromatic nitrogens is 9. The first-order chi connectivity index (χ1) is 29.8. The first kappa shape index (κ1) is 41.6.